The number of halogens is 1. The van der Waals surface area contributed by atoms with Gasteiger partial charge in [0, 0.05) is 4.47 Å². The molecule has 0 atom stereocenters. The molecular weight excluding hydrogens is 276 g/mol. The van der Waals surface area contributed by atoms with E-state index in [4.69, 9.17) is 4.74 Å². The summed E-state index contributed by atoms with van der Waals surface area (Å²) in [4.78, 5) is 0. The number of ether oxygens (including phenoxy) is 1. The van der Waals surface area contributed by atoms with Gasteiger partial charge in [-0.2, -0.15) is 0 Å². The maximum Gasteiger partial charge on any atom is 0.122 e. The van der Waals surface area contributed by atoms with Gasteiger partial charge in [-0.3, -0.25) is 0 Å². The van der Waals surface area contributed by atoms with Crippen molar-refractivity contribution in [2.75, 3.05) is 0 Å². The van der Waals surface area contributed by atoms with Crippen LogP contribution in [0.2, 0.25) is 0 Å². The van der Waals surface area contributed by atoms with Crippen molar-refractivity contribution >= 4 is 15.9 Å². The van der Waals surface area contributed by atoms with E-state index in [1.807, 2.05) is 24.3 Å². The maximum absolute atomic E-state index is 5.84. The molecule has 0 fully saturated rings. The van der Waals surface area contributed by atoms with Crippen LogP contribution in [0.1, 0.15) is 16.7 Å². The van der Waals surface area contributed by atoms with Crippen LogP contribution in [0.4, 0.5) is 0 Å². The van der Waals surface area contributed by atoms with Crippen molar-refractivity contribution in [3.8, 4) is 5.75 Å². The summed E-state index contributed by atoms with van der Waals surface area (Å²) in [6, 6.07) is 14.3. The predicted octanol–water partition coefficient (Wildman–Crippen LogP) is 4.64. The second-order valence-corrected chi connectivity index (χ2v) is 5.03. The zero-order chi connectivity index (χ0) is 12.3. The Hall–Kier alpha value is -1.28. The molecule has 0 N–H and O–H groups in total. The van der Waals surface area contributed by atoms with Gasteiger partial charge in [0.1, 0.15) is 12.4 Å². The summed E-state index contributed by atoms with van der Waals surface area (Å²) < 4.78 is 6.92. The third kappa shape index (κ3) is 3.10. The Bertz CT molecular complexity index is 520. The van der Waals surface area contributed by atoms with Crippen LogP contribution >= 0.6 is 15.9 Å². The molecule has 0 aliphatic rings. The summed E-state index contributed by atoms with van der Waals surface area (Å²) in [7, 11) is 0. The molecule has 1 nitrogen and oxygen atoms in total. The van der Waals surface area contributed by atoms with Crippen LogP contribution in [-0.4, -0.2) is 0 Å². The molecule has 2 heteroatoms. The van der Waals surface area contributed by atoms with E-state index in [2.05, 4.69) is 48.0 Å². The van der Waals surface area contributed by atoms with E-state index in [0.29, 0.717) is 6.61 Å². The molecule has 0 radical (unpaired) electrons. The van der Waals surface area contributed by atoms with Crippen LogP contribution in [0.15, 0.2) is 46.9 Å². The highest BCUT2D eigenvalue weighted by Crippen LogP contribution is 2.22. The second kappa shape index (κ2) is 5.37. The Morgan fingerprint density at radius 2 is 1.82 bits per heavy atom. The van der Waals surface area contributed by atoms with Crippen molar-refractivity contribution in [2.45, 2.75) is 20.5 Å². The largest absolute Gasteiger partial charge is 0.489 e. The lowest BCUT2D eigenvalue weighted by atomic mass is 10.1. The van der Waals surface area contributed by atoms with Crippen LogP contribution in [-0.2, 0) is 6.61 Å². The lowest BCUT2D eigenvalue weighted by molar-refractivity contribution is 0.304. The second-order valence-electron chi connectivity index (χ2n) is 4.12. The molecule has 2 aromatic carbocycles. The van der Waals surface area contributed by atoms with Gasteiger partial charge in [-0.1, -0.05) is 40.2 Å². The normalized spacial score (nSPS) is 10.3. The minimum Gasteiger partial charge on any atom is -0.489 e. The van der Waals surface area contributed by atoms with E-state index in [9.17, 15) is 0 Å². The van der Waals surface area contributed by atoms with Crippen molar-refractivity contribution in [3.63, 3.8) is 0 Å². The van der Waals surface area contributed by atoms with Crippen LogP contribution in [0.5, 0.6) is 5.75 Å². The smallest absolute Gasteiger partial charge is 0.122 e. The van der Waals surface area contributed by atoms with Gasteiger partial charge in [0.15, 0.2) is 0 Å². The van der Waals surface area contributed by atoms with Crippen LogP contribution in [0, 0.1) is 13.8 Å². The Labute approximate surface area is 111 Å². The first-order valence-electron chi connectivity index (χ1n) is 5.60. The van der Waals surface area contributed by atoms with E-state index in [1.54, 1.807) is 0 Å². The van der Waals surface area contributed by atoms with Crippen molar-refractivity contribution in [3.05, 3.63) is 63.6 Å². The number of hydrogen-bond acceptors (Lipinski definition) is 1. The first-order chi connectivity index (χ1) is 8.16. The summed E-state index contributed by atoms with van der Waals surface area (Å²) >= 11 is 3.46. The fourth-order valence-corrected chi connectivity index (χ4v) is 2.12. The van der Waals surface area contributed by atoms with Gasteiger partial charge < -0.3 is 4.74 Å². The molecule has 0 spiro atoms. The third-order valence-corrected chi connectivity index (χ3v) is 3.33. The molecule has 0 heterocycles. The summed E-state index contributed by atoms with van der Waals surface area (Å²) in [5.74, 6) is 0.963. The van der Waals surface area contributed by atoms with E-state index in [1.165, 1.54) is 16.7 Å². The summed E-state index contributed by atoms with van der Waals surface area (Å²) in [6.07, 6.45) is 0. The van der Waals surface area contributed by atoms with Crippen molar-refractivity contribution < 1.29 is 4.74 Å². The zero-order valence-corrected chi connectivity index (χ0v) is 11.6. The lowest BCUT2D eigenvalue weighted by Crippen LogP contribution is -1.97. The third-order valence-electron chi connectivity index (χ3n) is 2.84. The van der Waals surface area contributed by atoms with Gasteiger partial charge in [0.05, 0.1) is 0 Å². The fraction of sp³-hybridized carbons (Fsp3) is 0.200. The highest BCUT2D eigenvalue weighted by Gasteiger charge is 2.02. The molecule has 2 rings (SSSR count). The Morgan fingerprint density at radius 3 is 2.59 bits per heavy atom. The van der Waals surface area contributed by atoms with Crippen LogP contribution < -0.4 is 4.74 Å². The number of rotatable bonds is 3. The number of aryl methyl sites for hydroxylation is 1. The standard InChI is InChI=1S/C15H15BrO/c1-11-5-3-8-15(12(11)2)17-10-13-6-4-7-14(16)9-13/h3-9H,10H2,1-2H3. The first-order valence-corrected chi connectivity index (χ1v) is 6.39. The lowest BCUT2D eigenvalue weighted by Gasteiger charge is -2.11. The SMILES string of the molecule is Cc1cccc(OCc2cccc(Br)c2)c1C. The van der Waals surface area contributed by atoms with Gasteiger partial charge in [0.25, 0.3) is 0 Å². The van der Waals surface area contributed by atoms with E-state index < -0.39 is 0 Å². The van der Waals surface area contributed by atoms with Gasteiger partial charge in [-0.25, -0.2) is 0 Å². The quantitative estimate of drug-likeness (QED) is 0.800. The minimum absolute atomic E-state index is 0.601. The average Bonchev–Trinajstić information content (AvgIpc) is 2.31. The summed E-state index contributed by atoms with van der Waals surface area (Å²) in [6.45, 7) is 4.79. The minimum atomic E-state index is 0.601. The Morgan fingerprint density at radius 1 is 1.06 bits per heavy atom. The predicted molar refractivity (Wildman–Crippen MR) is 74.4 cm³/mol. The van der Waals surface area contributed by atoms with Gasteiger partial charge >= 0.3 is 0 Å². The van der Waals surface area contributed by atoms with Crippen molar-refractivity contribution in [2.24, 2.45) is 0 Å². The molecule has 0 bridgehead atoms. The molecule has 88 valence electrons. The van der Waals surface area contributed by atoms with Crippen LogP contribution in [0.3, 0.4) is 0 Å². The molecular formula is C15H15BrO. The van der Waals surface area contributed by atoms with Gasteiger partial charge in [0.2, 0.25) is 0 Å². The number of benzene rings is 2. The zero-order valence-electron chi connectivity index (χ0n) is 10.0. The molecule has 0 aromatic heterocycles. The summed E-state index contributed by atoms with van der Waals surface area (Å²) in [5, 5.41) is 0. The van der Waals surface area contributed by atoms with Gasteiger partial charge in [-0.15, -0.1) is 0 Å². The monoisotopic (exact) mass is 290 g/mol. The maximum atomic E-state index is 5.84. The van der Waals surface area contributed by atoms with E-state index in [-0.39, 0.29) is 0 Å². The Balaban J connectivity index is 2.10. The van der Waals surface area contributed by atoms with Crippen molar-refractivity contribution in [1.82, 2.24) is 0 Å². The summed E-state index contributed by atoms with van der Waals surface area (Å²) in [5.41, 5.74) is 3.64. The van der Waals surface area contributed by atoms with E-state index in [0.717, 1.165) is 10.2 Å². The van der Waals surface area contributed by atoms with E-state index >= 15 is 0 Å². The average molecular weight is 291 g/mol. The first kappa shape index (κ1) is 12.2. The molecule has 0 unspecified atom stereocenters. The van der Waals surface area contributed by atoms with Crippen molar-refractivity contribution in [1.29, 1.82) is 0 Å². The topological polar surface area (TPSA) is 9.23 Å². The van der Waals surface area contributed by atoms with Crippen LogP contribution in [0.25, 0.3) is 0 Å². The highest BCUT2D eigenvalue weighted by molar-refractivity contribution is 9.10. The fourth-order valence-electron chi connectivity index (χ4n) is 1.67. The molecule has 0 aliphatic heterocycles. The Kier molecular flexibility index (Phi) is 3.85. The molecule has 0 aliphatic carbocycles. The van der Waals surface area contributed by atoms with Gasteiger partial charge in [-0.05, 0) is 48.7 Å². The molecule has 0 saturated carbocycles. The number of hydrogen-bond donors (Lipinski definition) is 0. The molecule has 0 amide bonds. The molecule has 17 heavy (non-hydrogen) atoms. The molecule has 0 saturated heterocycles. The highest BCUT2D eigenvalue weighted by atomic mass is 79.9. The molecule has 2 aromatic rings.